The number of carbonyl (C=O) groups is 1. The summed E-state index contributed by atoms with van der Waals surface area (Å²) in [5, 5.41) is 12.9. The number of methoxy groups -OCH3 is 1. The quantitative estimate of drug-likeness (QED) is 0.829. The molecule has 0 aromatic carbocycles. The Morgan fingerprint density at radius 1 is 1.72 bits per heavy atom. The van der Waals surface area contributed by atoms with Crippen molar-refractivity contribution in [3.05, 3.63) is 16.1 Å². The van der Waals surface area contributed by atoms with Gasteiger partial charge in [-0.1, -0.05) is 0 Å². The Morgan fingerprint density at radius 3 is 3.11 bits per heavy atom. The van der Waals surface area contributed by atoms with Gasteiger partial charge < -0.3 is 9.84 Å². The number of aliphatic hydroxyl groups is 1. The van der Waals surface area contributed by atoms with Crippen molar-refractivity contribution in [2.24, 2.45) is 0 Å². The first-order valence-corrected chi connectivity index (χ1v) is 6.90. The molecule has 1 saturated heterocycles. The predicted octanol–water partition coefficient (Wildman–Crippen LogP) is 0.950. The van der Waals surface area contributed by atoms with Gasteiger partial charge in [0, 0.05) is 11.1 Å². The first-order chi connectivity index (χ1) is 8.61. The van der Waals surface area contributed by atoms with Gasteiger partial charge >= 0.3 is 5.97 Å². The summed E-state index contributed by atoms with van der Waals surface area (Å²) in [7, 11) is 1.36. The van der Waals surface area contributed by atoms with E-state index in [4.69, 9.17) is 4.74 Å². The highest BCUT2D eigenvalue weighted by atomic mass is 32.1. The Morgan fingerprint density at radius 2 is 2.50 bits per heavy atom. The zero-order chi connectivity index (χ0) is 13.1. The number of likely N-dealkylation sites (tertiary alicyclic amines) is 1. The van der Waals surface area contributed by atoms with Crippen LogP contribution in [0.15, 0.2) is 5.38 Å². The average Bonchev–Trinajstić information content (AvgIpc) is 2.74. The summed E-state index contributed by atoms with van der Waals surface area (Å²) < 4.78 is 4.78. The van der Waals surface area contributed by atoms with Gasteiger partial charge in [-0.15, -0.1) is 11.3 Å². The van der Waals surface area contributed by atoms with E-state index in [-0.39, 0.29) is 5.97 Å². The molecule has 1 aromatic heterocycles. The van der Waals surface area contributed by atoms with Gasteiger partial charge in [0.1, 0.15) is 11.0 Å². The van der Waals surface area contributed by atoms with Crippen LogP contribution in [0, 0.1) is 6.92 Å². The molecule has 6 heteroatoms. The standard InChI is InChI=1S/C12H18N2O3S/c1-8-7-18-10(13-8)6-14-5-3-4-9(15)11(14)12(16)17-2/h7,9,11,15H,3-6H2,1-2H3/t9-,11-/m1/s1. The van der Waals surface area contributed by atoms with Gasteiger partial charge in [0.15, 0.2) is 0 Å². The molecule has 1 aliphatic heterocycles. The van der Waals surface area contributed by atoms with Gasteiger partial charge in [-0.3, -0.25) is 9.69 Å². The maximum atomic E-state index is 11.7. The molecular formula is C12H18N2O3S. The third-order valence-corrected chi connectivity index (χ3v) is 4.10. The molecule has 1 aromatic rings. The largest absolute Gasteiger partial charge is 0.468 e. The number of aromatic nitrogens is 1. The summed E-state index contributed by atoms with van der Waals surface area (Å²) in [6.45, 7) is 3.33. The third-order valence-electron chi connectivity index (χ3n) is 3.15. The molecule has 0 radical (unpaired) electrons. The van der Waals surface area contributed by atoms with E-state index in [2.05, 4.69) is 4.98 Å². The van der Waals surface area contributed by atoms with Gasteiger partial charge in [0.2, 0.25) is 0 Å². The van der Waals surface area contributed by atoms with Crippen molar-refractivity contribution >= 4 is 17.3 Å². The molecular weight excluding hydrogens is 252 g/mol. The summed E-state index contributed by atoms with van der Waals surface area (Å²) in [4.78, 5) is 18.1. The molecule has 1 aliphatic rings. The Bertz CT molecular complexity index is 421. The van der Waals surface area contributed by atoms with E-state index in [0.717, 1.165) is 23.7 Å². The summed E-state index contributed by atoms with van der Waals surface area (Å²) in [6, 6.07) is -0.562. The minimum Gasteiger partial charge on any atom is -0.468 e. The lowest BCUT2D eigenvalue weighted by Gasteiger charge is -2.36. The van der Waals surface area contributed by atoms with E-state index in [9.17, 15) is 9.90 Å². The summed E-state index contributed by atoms with van der Waals surface area (Å²) >= 11 is 1.58. The molecule has 2 atom stereocenters. The average molecular weight is 270 g/mol. The predicted molar refractivity (Wildman–Crippen MR) is 68.3 cm³/mol. The van der Waals surface area contributed by atoms with Gasteiger partial charge in [-0.05, 0) is 26.3 Å². The van der Waals surface area contributed by atoms with E-state index < -0.39 is 12.1 Å². The number of nitrogens with zero attached hydrogens (tertiary/aromatic N) is 2. The van der Waals surface area contributed by atoms with Crippen molar-refractivity contribution in [1.29, 1.82) is 0 Å². The highest BCUT2D eigenvalue weighted by Crippen LogP contribution is 2.22. The minimum absolute atomic E-state index is 0.365. The number of carbonyl (C=O) groups excluding carboxylic acids is 1. The Kier molecular flexibility index (Phi) is 4.31. The van der Waals surface area contributed by atoms with Crippen LogP contribution >= 0.6 is 11.3 Å². The van der Waals surface area contributed by atoms with Crippen LogP contribution in [0.2, 0.25) is 0 Å². The van der Waals surface area contributed by atoms with Crippen molar-refractivity contribution in [3.8, 4) is 0 Å². The zero-order valence-corrected chi connectivity index (χ0v) is 11.4. The molecule has 0 unspecified atom stereocenters. The number of rotatable bonds is 3. The SMILES string of the molecule is COC(=O)[C@H]1[C@H](O)CCCN1Cc1nc(C)cs1. The van der Waals surface area contributed by atoms with Crippen LogP contribution in [-0.2, 0) is 16.1 Å². The number of hydrogen-bond donors (Lipinski definition) is 1. The molecule has 18 heavy (non-hydrogen) atoms. The number of thiazole rings is 1. The second kappa shape index (κ2) is 5.77. The molecule has 0 saturated carbocycles. The van der Waals surface area contributed by atoms with Crippen LogP contribution in [0.4, 0.5) is 0 Å². The minimum atomic E-state index is -0.646. The topological polar surface area (TPSA) is 62.7 Å². The molecule has 1 N–H and O–H groups in total. The van der Waals surface area contributed by atoms with Crippen molar-refractivity contribution in [2.75, 3.05) is 13.7 Å². The van der Waals surface area contributed by atoms with Crippen LogP contribution in [0.1, 0.15) is 23.5 Å². The first kappa shape index (κ1) is 13.5. The van der Waals surface area contributed by atoms with Crippen molar-refractivity contribution < 1.29 is 14.6 Å². The number of aryl methyl sites for hydroxylation is 1. The molecule has 2 rings (SSSR count). The van der Waals surface area contributed by atoms with Gasteiger partial charge in [0.25, 0.3) is 0 Å². The Balaban J connectivity index is 2.10. The molecule has 0 amide bonds. The maximum Gasteiger partial charge on any atom is 0.325 e. The van der Waals surface area contributed by atoms with Crippen molar-refractivity contribution in [1.82, 2.24) is 9.88 Å². The second-order valence-corrected chi connectivity index (χ2v) is 5.47. The summed E-state index contributed by atoms with van der Waals surface area (Å²) in [5.41, 5.74) is 0.988. The monoisotopic (exact) mass is 270 g/mol. The van der Waals surface area contributed by atoms with Crippen LogP contribution < -0.4 is 0 Å². The van der Waals surface area contributed by atoms with E-state index in [1.165, 1.54) is 7.11 Å². The molecule has 100 valence electrons. The third kappa shape index (κ3) is 2.88. The Labute approximate surface area is 110 Å². The summed E-state index contributed by atoms with van der Waals surface area (Å²) in [6.07, 6.45) is 0.888. The molecule has 0 spiro atoms. The highest BCUT2D eigenvalue weighted by molar-refractivity contribution is 7.09. The fourth-order valence-electron chi connectivity index (χ4n) is 2.30. The van der Waals surface area contributed by atoms with Gasteiger partial charge in [-0.25, -0.2) is 4.98 Å². The lowest BCUT2D eigenvalue weighted by atomic mass is 9.99. The Hall–Kier alpha value is -0.980. The normalized spacial score (nSPS) is 25.1. The van der Waals surface area contributed by atoms with E-state index >= 15 is 0 Å². The zero-order valence-electron chi connectivity index (χ0n) is 10.6. The van der Waals surface area contributed by atoms with Crippen molar-refractivity contribution in [2.45, 2.75) is 38.5 Å². The summed E-state index contributed by atoms with van der Waals surface area (Å²) in [5.74, 6) is -0.365. The smallest absolute Gasteiger partial charge is 0.325 e. The van der Waals surface area contributed by atoms with E-state index in [0.29, 0.717) is 13.0 Å². The van der Waals surface area contributed by atoms with E-state index in [1.54, 1.807) is 11.3 Å². The molecule has 0 bridgehead atoms. The van der Waals surface area contributed by atoms with Crippen molar-refractivity contribution in [3.63, 3.8) is 0 Å². The van der Waals surface area contributed by atoms with Crippen LogP contribution in [-0.4, -0.2) is 46.8 Å². The number of piperidine rings is 1. The van der Waals surface area contributed by atoms with Gasteiger partial charge in [0.05, 0.1) is 19.8 Å². The van der Waals surface area contributed by atoms with Gasteiger partial charge in [-0.2, -0.15) is 0 Å². The lowest BCUT2D eigenvalue weighted by molar-refractivity contribution is -0.154. The highest BCUT2D eigenvalue weighted by Gasteiger charge is 2.36. The van der Waals surface area contributed by atoms with Crippen LogP contribution in [0.3, 0.4) is 0 Å². The number of ether oxygens (including phenoxy) is 1. The fraction of sp³-hybridized carbons (Fsp3) is 0.667. The first-order valence-electron chi connectivity index (χ1n) is 6.02. The molecule has 1 fully saturated rings. The molecule has 5 nitrogen and oxygen atoms in total. The number of hydrogen-bond acceptors (Lipinski definition) is 6. The fourth-order valence-corrected chi connectivity index (χ4v) is 3.09. The molecule has 0 aliphatic carbocycles. The maximum absolute atomic E-state index is 11.7. The van der Waals surface area contributed by atoms with E-state index in [1.807, 2.05) is 17.2 Å². The van der Waals surface area contributed by atoms with Crippen LogP contribution in [0.5, 0.6) is 0 Å². The molecule has 2 heterocycles. The number of esters is 1. The van der Waals surface area contributed by atoms with Crippen LogP contribution in [0.25, 0.3) is 0 Å². The number of aliphatic hydroxyl groups excluding tert-OH is 1. The second-order valence-electron chi connectivity index (χ2n) is 4.53. The lowest BCUT2D eigenvalue weighted by Crippen LogP contribution is -2.52.